The van der Waals surface area contributed by atoms with E-state index in [1.54, 1.807) is 30.1 Å². The SMILES string of the molecule is CN(CCNS(C)(=O)=O)c1c(Cl)cccc1C#N. The fraction of sp³-hybridized carbons (Fsp3) is 0.364. The highest BCUT2D eigenvalue weighted by Crippen LogP contribution is 2.28. The first kappa shape index (κ1) is 14.8. The van der Waals surface area contributed by atoms with Crippen LogP contribution in [0.5, 0.6) is 0 Å². The van der Waals surface area contributed by atoms with Gasteiger partial charge in [0.2, 0.25) is 10.0 Å². The molecule has 0 radical (unpaired) electrons. The summed E-state index contributed by atoms with van der Waals surface area (Å²) >= 11 is 6.04. The maximum absolute atomic E-state index is 10.9. The highest BCUT2D eigenvalue weighted by Gasteiger charge is 2.11. The molecule has 5 nitrogen and oxygen atoms in total. The van der Waals surface area contributed by atoms with Crippen molar-refractivity contribution in [2.45, 2.75) is 0 Å². The number of nitrogens with zero attached hydrogens (tertiary/aromatic N) is 2. The van der Waals surface area contributed by atoms with Crippen LogP contribution in [0.2, 0.25) is 5.02 Å². The monoisotopic (exact) mass is 287 g/mol. The number of likely N-dealkylation sites (N-methyl/N-ethyl adjacent to an activating group) is 1. The van der Waals surface area contributed by atoms with Gasteiger partial charge in [-0.2, -0.15) is 5.26 Å². The Kier molecular flexibility index (Phi) is 4.96. The van der Waals surface area contributed by atoms with Crippen LogP contribution in [0, 0.1) is 11.3 Å². The van der Waals surface area contributed by atoms with Gasteiger partial charge in [0, 0.05) is 20.1 Å². The predicted octanol–water partition coefficient (Wildman–Crippen LogP) is 1.20. The standard InChI is InChI=1S/C11H14ClN3O2S/c1-15(7-6-14-18(2,16)17)11-9(8-13)4-3-5-10(11)12/h3-5,14H,6-7H2,1-2H3. The van der Waals surface area contributed by atoms with Crippen LogP contribution in [-0.2, 0) is 10.0 Å². The Balaban J connectivity index is 2.79. The van der Waals surface area contributed by atoms with E-state index in [2.05, 4.69) is 10.8 Å². The first-order chi connectivity index (χ1) is 8.35. The van der Waals surface area contributed by atoms with Crippen molar-refractivity contribution in [3.05, 3.63) is 28.8 Å². The van der Waals surface area contributed by atoms with Gasteiger partial charge in [-0.3, -0.25) is 0 Å². The van der Waals surface area contributed by atoms with E-state index >= 15 is 0 Å². The first-order valence-electron chi connectivity index (χ1n) is 5.19. The summed E-state index contributed by atoms with van der Waals surface area (Å²) in [6, 6.07) is 7.12. The molecule has 1 aromatic carbocycles. The van der Waals surface area contributed by atoms with Crippen LogP contribution >= 0.6 is 11.6 Å². The van der Waals surface area contributed by atoms with Crippen molar-refractivity contribution in [2.24, 2.45) is 0 Å². The van der Waals surface area contributed by atoms with Gasteiger partial charge in [-0.05, 0) is 12.1 Å². The number of halogens is 1. The molecule has 0 aromatic heterocycles. The van der Waals surface area contributed by atoms with Crippen LogP contribution in [0.3, 0.4) is 0 Å². The Morgan fingerprint density at radius 3 is 2.72 bits per heavy atom. The lowest BCUT2D eigenvalue weighted by Gasteiger charge is -2.21. The molecule has 1 N–H and O–H groups in total. The molecule has 1 rings (SSSR count). The molecule has 0 unspecified atom stereocenters. The van der Waals surface area contributed by atoms with Crippen LogP contribution in [-0.4, -0.2) is 34.8 Å². The quantitative estimate of drug-likeness (QED) is 0.883. The van der Waals surface area contributed by atoms with Crippen LogP contribution in [0.15, 0.2) is 18.2 Å². The van der Waals surface area contributed by atoms with Gasteiger partial charge in [0.05, 0.1) is 22.5 Å². The fourth-order valence-electron chi connectivity index (χ4n) is 1.50. The van der Waals surface area contributed by atoms with Crippen molar-refractivity contribution in [3.63, 3.8) is 0 Å². The van der Waals surface area contributed by atoms with Gasteiger partial charge in [-0.25, -0.2) is 13.1 Å². The van der Waals surface area contributed by atoms with Crippen LogP contribution in [0.1, 0.15) is 5.56 Å². The smallest absolute Gasteiger partial charge is 0.208 e. The number of anilines is 1. The van der Waals surface area contributed by atoms with E-state index in [0.29, 0.717) is 22.8 Å². The summed E-state index contributed by atoms with van der Waals surface area (Å²) in [6.07, 6.45) is 1.10. The summed E-state index contributed by atoms with van der Waals surface area (Å²) in [6.45, 7) is 0.677. The van der Waals surface area contributed by atoms with Gasteiger partial charge in [0.15, 0.2) is 0 Å². The van der Waals surface area contributed by atoms with E-state index < -0.39 is 10.0 Å². The number of benzene rings is 1. The molecule has 1 aromatic rings. The molecule has 0 saturated heterocycles. The van der Waals surface area contributed by atoms with Crippen molar-refractivity contribution >= 4 is 27.3 Å². The van der Waals surface area contributed by atoms with E-state index in [-0.39, 0.29) is 6.54 Å². The maximum atomic E-state index is 10.9. The zero-order valence-corrected chi connectivity index (χ0v) is 11.7. The summed E-state index contributed by atoms with van der Waals surface area (Å²) < 4.78 is 24.2. The van der Waals surface area contributed by atoms with E-state index in [4.69, 9.17) is 16.9 Å². The lowest BCUT2D eigenvalue weighted by Crippen LogP contribution is -2.32. The third-order valence-electron chi connectivity index (χ3n) is 2.30. The van der Waals surface area contributed by atoms with Crippen LogP contribution in [0.25, 0.3) is 0 Å². The largest absolute Gasteiger partial charge is 0.371 e. The van der Waals surface area contributed by atoms with Crippen molar-refractivity contribution in [1.29, 1.82) is 5.26 Å². The summed E-state index contributed by atoms with van der Waals surface area (Å²) in [4.78, 5) is 1.75. The molecule has 7 heteroatoms. The minimum absolute atomic E-state index is 0.255. The molecule has 0 aliphatic carbocycles. The number of nitrogens with one attached hydrogen (secondary N) is 1. The number of nitriles is 1. The topological polar surface area (TPSA) is 73.2 Å². The summed E-state index contributed by atoms with van der Waals surface area (Å²) in [5, 5.41) is 9.47. The normalized spacial score (nSPS) is 11.0. The number of hydrogen-bond donors (Lipinski definition) is 1. The van der Waals surface area contributed by atoms with E-state index in [0.717, 1.165) is 6.26 Å². The van der Waals surface area contributed by atoms with Crippen molar-refractivity contribution in [3.8, 4) is 6.07 Å². The molecule has 18 heavy (non-hydrogen) atoms. The highest BCUT2D eigenvalue weighted by atomic mass is 35.5. The van der Waals surface area contributed by atoms with Crippen molar-refractivity contribution in [2.75, 3.05) is 31.3 Å². The zero-order valence-electron chi connectivity index (χ0n) is 10.1. The first-order valence-corrected chi connectivity index (χ1v) is 7.46. The average Bonchev–Trinajstić information content (AvgIpc) is 2.26. The lowest BCUT2D eigenvalue weighted by atomic mass is 10.2. The average molecular weight is 288 g/mol. The lowest BCUT2D eigenvalue weighted by molar-refractivity contribution is 0.588. The number of para-hydroxylation sites is 1. The Labute approximate surface area is 112 Å². The second-order valence-electron chi connectivity index (χ2n) is 3.84. The van der Waals surface area contributed by atoms with E-state index in [1.165, 1.54) is 0 Å². The van der Waals surface area contributed by atoms with E-state index in [1.807, 2.05) is 0 Å². The predicted molar refractivity (Wildman–Crippen MR) is 72.3 cm³/mol. The molecular formula is C11H14ClN3O2S. The second kappa shape index (κ2) is 6.05. The molecule has 98 valence electrons. The molecule has 0 aliphatic heterocycles. The maximum Gasteiger partial charge on any atom is 0.208 e. The molecule has 0 saturated carbocycles. The second-order valence-corrected chi connectivity index (χ2v) is 6.08. The van der Waals surface area contributed by atoms with Gasteiger partial charge in [-0.15, -0.1) is 0 Å². The van der Waals surface area contributed by atoms with E-state index in [9.17, 15) is 8.42 Å². The summed E-state index contributed by atoms with van der Waals surface area (Å²) in [7, 11) is -1.45. The number of sulfonamides is 1. The molecule has 0 fully saturated rings. The summed E-state index contributed by atoms with van der Waals surface area (Å²) in [5.41, 5.74) is 1.07. The Bertz CT molecular complexity index is 566. The number of hydrogen-bond acceptors (Lipinski definition) is 4. The number of rotatable bonds is 5. The molecular weight excluding hydrogens is 274 g/mol. The van der Waals surface area contributed by atoms with Gasteiger partial charge in [-0.1, -0.05) is 17.7 Å². The minimum atomic E-state index is -3.20. The molecule has 0 amide bonds. The summed E-state index contributed by atoms with van der Waals surface area (Å²) in [5.74, 6) is 0. The van der Waals surface area contributed by atoms with Gasteiger partial charge in [0.1, 0.15) is 6.07 Å². The molecule has 0 atom stereocenters. The third-order valence-corrected chi connectivity index (χ3v) is 3.33. The van der Waals surface area contributed by atoms with Gasteiger partial charge < -0.3 is 4.90 Å². The van der Waals surface area contributed by atoms with Gasteiger partial charge >= 0.3 is 0 Å². The fourth-order valence-corrected chi connectivity index (χ4v) is 2.28. The van der Waals surface area contributed by atoms with Crippen molar-refractivity contribution < 1.29 is 8.42 Å². The highest BCUT2D eigenvalue weighted by molar-refractivity contribution is 7.88. The molecule has 0 bridgehead atoms. The molecule has 0 spiro atoms. The molecule has 0 aliphatic rings. The zero-order chi connectivity index (χ0) is 13.8. The third kappa shape index (κ3) is 4.18. The van der Waals surface area contributed by atoms with Crippen molar-refractivity contribution in [1.82, 2.24) is 4.72 Å². The minimum Gasteiger partial charge on any atom is -0.371 e. The van der Waals surface area contributed by atoms with Crippen LogP contribution < -0.4 is 9.62 Å². The Morgan fingerprint density at radius 1 is 1.50 bits per heavy atom. The van der Waals surface area contributed by atoms with Crippen LogP contribution in [0.4, 0.5) is 5.69 Å². The Hall–Kier alpha value is -1.29. The molecule has 0 heterocycles. The van der Waals surface area contributed by atoms with Gasteiger partial charge in [0.25, 0.3) is 0 Å². The Morgan fingerprint density at radius 2 is 2.17 bits per heavy atom.